The van der Waals surface area contributed by atoms with E-state index >= 15 is 0 Å². The van der Waals surface area contributed by atoms with Crippen molar-refractivity contribution in [3.8, 4) is 18.1 Å². The van der Waals surface area contributed by atoms with Crippen LogP contribution in [0.1, 0.15) is 6.42 Å². The molecule has 16 heavy (non-hydrogen) atoms. The lowest BCUT2D eigenvalue weighted by Crippen LogP contribution is -2.24. The maximum atomic E-state index is 11.7. The Bertz CT molecular complexity index is 447. The molecule has 3 heteroatoms. The molecule has 0 N–H and O–H groups in total. The summed E-state index contributed by atoms with van der Waals surface area (Å²) in [5.74, 6) is 3.48. The minimum Gasteiger partial charge on any atom is -0.497 e. The van der Waals surface area contributed by atoms with E-state index in [1.54, 1.807) is 12.0 Å². The average molecular weight is 215 g/mol. The van der Waals surface area contributed by atoms with Gasteiger partial charge in [-0.25, -0.2) is 0 Å². The molecule has 0 aromatic heterocycles. The first-order valence-corrected chi connectivity index (χ1v) is 5.15. The van der Waals surface area contributed by atoms with Gasteiger partial charge in [0.1, 0.15) is 5.75 Å². The number of amides is 1. The van der Waals surface area contributed by atoms with E-state index in [4.69, 9.17) is 11.2 Å². The van der Waals surface area contributed by atoms with Crippen LogP contribution in [0.2, 0.25) is 0 Å². The maximum absolute atomic E-state index is 11.7. The third-order valence-corrected chi connectivity index (χ3v) is 2.73. The molecule has 1 amide bonds. The number of hydrogen-bond donors (Lipinski definition) is 0. The minimum atomic E-state index is 0.0266. The predicted octanol–water partition coefficient (Wildman–Crippen LogP) is 1.68. The molecule has 1 aliphatic rings. The fraction of sp³-hybridized carbons (Fsp3) is 0.308. The minimum absolute atomic E-state index is 0.0266. The number of nitrogens with zero attached hydrogens (tertiary/aromatic N) is 1. The SMILES string of the molecule is C#CC1CC(=O)N(c2cccc(OC)c2)C1. The Labute approximate surface area is 95.0 Å². The van der Waals surface area contributed by atoms with E-state index in [0.29, 0.717) is 13.0 Å². The van der Waals surface area contributed by atoms with Gasteiger partial charge in [-0.05, 0) is 12.1 Å². The molecule has 1 atom stereocenters. The molecule has 3 nitrogen and oxygen atoms in total. The highest BCUT2D eigenvalue weighted by Crippen LogP contribution is 2.27. The van der Waals surface area contributed by atoms with Crippen molar-refractivity contribution in [2.45, 2.75) is 6.42 Å². The van der Waals surface area contributed by atoms with Gasteiger partial charge in [0.25, 0.3) is 0 Å². The second-order valence-corrected chi connectivity index (χ2v) is 3.77. The molecule has 0 aliphatic carbocycles. The van der Waals surface area contributed by atoms with E-state index < -0.39 is 0 Å². The highest BCUT2D eigenvalue weighted by molar-refractivity contribution is 5.96. The zero-order valence-electron chi connectivity index (χ0n) is 9.14. The van der Waals surface area contributed by atoms with Gasteiger partial charge in [-0.15, -0.1) is 12.3 Å². The number of methoxy groups -OCH3 is 1. The summed E-state index contributed by atoms with van der Waals surface area (Å²) < 4.78 is 5.12. The van der Waals surface area contributed by atoms with Crippen LogP contribution in [0.4, 0.5) is 5.69 Å². The molecule has 82 valence electrons. The smallest absolute Gasteiger partial charge is 0.228 e. The summed E-state index contributed by atoms with van der Waals surface area (Å²) in [5.41, 5.74) is 0.849. The number of carbonyl (C=O) groups is 1. The zero-order valence-corrected chi connectivity index (χ0v) is 9.14. The maximum Gasteiger partial charge on any atom is 0.228 e. The molecule has 0 radical (unpaired) electrons. The van der Waals surface area contributed by atoms with Crippen molar-refractivity contribution in [3.63, 3.8) is 0 Å². The van der Waals surface area contributed by atoms with Crippen LogP contribution >= 0.6 is 0 Å². The van der Waals surface area contributed by atoms with Crippen LogP contribution in [0.3, 0.4) is 0 Å². The summed E-state index contributed by atoms with van der Waals surface area (Å²) in [6, 6.07) is 7.45. The quantitative estimate of drug-likeness (QED) is 0.702. The molecule has 0 saturated carbocycles. The van der Waals surface area contributed by atoms with Gasteiger partial charge in [-0.1, -0.05) is 6.07 Å². The third kappa shape index (κ3) is 1.87. The second kappa shape index (κ2) is 4.28. The number of benzene rings is 1. The Morgan fingerprint density at radius 2 is 2.38 bits per heavy atom. The Kier molecular flexibility index (Phi) is 2.82. The van der Waals surface area contributed by atoms with Crippen LogP contribution in [-0.4, -0.2) is 19.6 Å². The first kappa shape index (κ1) is 10.6. The van der Waals surface area contributed by atoms with E-state index in [2.05, 4.69) is 5.92 Å². The summed E-state index contributed by atoms with van der Waals surface area (Å²) in [7, 11) is 1.61. The first-order valence-electron chi connectivity index (χ1n) is 5.15. The molecule has 1 aliphatic heterocycles. The van der Waals surface area contributed by atoms with Gasteiger partial charge in [-0.2, -0.15) is 0 Å². The Balaban J connectivity index is 2.24. The van der Waals surface area contributed by atoms with E-state index in [1.165, 1.54) is 0 Å². The van der Waals surface area contributed by atoms with Crippen molar-refractivity contribution in [1.29, 1.82) is 0 Å². The number of carbonyl (C=O) groups excluding carboxylic acids is 1. The van der Waals surface area contributed by atoms with Gasteiger partial charge in [0, 0.05) is 30.6 Å². The molecule has 0 bridgehead atoms. The monoisotopic (exact) mass is 215 g/mol. The van der Waals surface area contributed by atoms with E-state index in [0.717, 1.165) is 11.4 Å². The fourth-order valence-electron chi connectivity index (χ4n) is 1.85. The summed E-state index contributed by atoms with van der Waals surface area (Å²) in [5, 5.41) is 0. The van der Waals surface area contributed by atoms with Crippen molar-refractivity contribution in [1.82, 2.24) is 0 Å². The van der Waals surface area contributed by atoms with E-state index in [-0.39, 0.29) is 11.8 Å². The van der Waals surface area contributed by atoms with Crippen LogP contribution in [0.5, 0.6) is 5.75 Å². The summed E-state index contributed by atoms with van der Waals surface area (Å²) >= 11 is 0. The number of rotatable bonds is 2. The number of ether oxygens (including phenoxy) is 1. The summed E-state index contributed by atoms with van der Waals surface area (Å²) in [6.45, 7) is 0.600. The van der Waals surface area contributed by atoms with Gasteiger partial charge in [0.2, 0.25) is 5.91 Å². The zero-order chi connectivity index (χ0) is 11.5. The fourth-order valence-corrected chi connectivity index (χ4v) is 1.85. The average Bonchev–Trinajstić information content (AvgIpc) is 2.71. The molecule has 0 spiro atoms. The largest absolute Gasteiger partial charge is 0.497 e. The Hall–Kier alpha value is -1.95. The third-order valence-electron chi connectivity index (χ3n) is 2.73. The summed E-state index contributed by atoms with van der Waals surface area (Å²) in [4.78, 5) is 13.4. The lowest BCUT2D eigenvalue weighted by atomic mass is 10.1. The highest BCUT2D eigenvalue weighted by Gasteiger charge is 2.29. The van der Waals surface area contributed by atoms with E-state index in [1.807, 2.05) is 24.3 Å². The molecule has 1 aromatic carbocycles. The second-order valence-electron chi connectivity index (χ2n) is 3.77. The van der Waals surface area contributed by atoms with Gasteiger partial charge >= 0.3 is 0 Å². The predicted molar refractivity (Wildman–Crippen MR) is 62.3 cm³/mol. The van der Waals surface area contributed by atoms with Crippen molar-refractivity contribution in [3.05, 3.63) is 24.3 Å². The van der Waals surface area contributed by atoms with Gasteiger partial charge < -0.3 is 9.64 Å². The molecule has 1 heterocycles. The van der Waals surface area contributed by atoms with Crippen LogP contribution in [-0.2, 0) is 4.79 Å². The van der Waals surface area contributed by atoms with Crippen LogP contribution < -0.4 is 9.64 Å². The number of terminal acetylenes is 1. The van der Waals surface area contributed by atoms with Gasteiger partial charge in [-0.3, -0.25) is 4.79 Å². The Morgan fingerprint density at radius 1 is 1.56 bits per heavy atom. The van der Waals surface area contributed by atoms with Crippen LogP contribution in [0.15, 0.2) is 24.3 Å². The molecule has 1 unspecified atom stereocenters. The first-order chi connectivity index (χ1) is 7.74. The van der Waals surface area contributed by atoms with Crippen LogP contribution in [0, 0.1) is 18.3 Å². The molecular formula is C13H13NO2. The van der Waals surface area contributed by atoms with Crippen LogP contribution in [0.25, 0.3) is 0 Å². The van der Waals surface area contributed by atoms with Gasteiger partial charge in [0.15, 0.2) is 0 Å². The molecular weight excluding hydrogens is 202 g/mol. The topological polar surface area (TPSA) is 29.5 Å². The lowest BCUT2D eigenvalue weighted by Gasteiger charge is -2.16. The van der Waals surface area contributed by atoms with Gasteiger partial charge in [0.05, 0.1) is 7.11 Å². The van der Waals surface area contributed by atoms with Crippen molar-refractivity contribution in [2.24, 2.45) is 5.92 Å². The molecule has 2 rings (SSSR count). The van der Waals surface area contributed by atoms with Crippen molar-refractivity contribution in [2.75, 3.05) is 18.6 Å². The number of hydrogen-bond acceptors (Lipinski definition) is 2. The van der Waals surface area contributed by atoms with Crippen molar-refractivity contribution >= 4 is 11.6 Å². The number of anilines is 1. The molecule has 1 aromatic rings. The summed E-state index contributed by atoms with van der Waals surface area (Å²) in [6.07, 6.45) is 5.78. The normalized spacial score (nSPS) is 19.6. The highest BCUT2D eigenvalue weighted by atomic mass is 16.5. The van der Waals surface area contributed by atoms with E-state index in [9.17, 15) is 4.79 Å². The Morgan fingerprint density at radius 3 is 3.00 bits per heavy atom. The van der Waals surface area contributed by atoms with Crippen molar-refractivity contribution < 1.29 is 9.53 Å². The molecule has 1 saturated heterocycles. The standard InChI is InChI=1S/C13H13NO2/c1-3-10-7-13(15)14(9-10)11-5-4-6-12(8-11)16-2/h1,4-6,8,10H,7,9H2,2H3. The lowest BCUT2D eigenvalue weighted by molar-refractivity contribution is -0.117. The molecule has 1 fully saturated rings.